The number of nitrogens with one attached hydrogen (secondary N) is 2. The van der Waals surface area contributed by atoms with Gasteiger partial charge >= 0.3 is 11.8 Å². The van der Waals surface area contributed by atoms with Gasteiger partial charge in [-0.15, -0.1) is 0 Å². The van der Waals surface area contributed by atoms with Crippen LogP contribution in [0.5, 0.6) is 0 Å². The Kier molecular flexibility index (Phi) is 5.65. The van der Waals surface area contributed by atoms with E-state index in [2.05, 4.69) is 21.6 Å². The molecule has 1 aliphatic rings. The number of anilines is 2. The van der Waals surface area contributed by atoms with Crippen molar-refractivity contribution in [3.05, 3.63) is 88.4 Å². The predicted octanol–water partition coefficient (Wildman–Crippen LogP) is 3.05. The molecule has 9 heteroatoms. The fraction of sp³-hybridized carbons (Fsp3) is 0.182. The number of benzene rings is 2. The molecule has 158 valence electrons. The Hall–Kier alpha value is -4.14. The highest BCUT2D eigenvalue weighted by atomic mass is 16.6. The Morgan fingerprint density at radius 3 is 2.71 bits per heavy atom. The van der Waals surface area contributed by atoms with Crippen LogP contribution in [0.2, 0.25) is 0 Å². The number of hydrogen-bond donors (Lipinski definition) is 2. The van der Waals surface area contributed by atoms with E-state index >= 15 is 0 Å². The van der Waals surface area contributed by atoms with Crippen molar-refractivity contribution in [1.29, 1.82) is 0 Å². The number of carbonyl (C=O) groups excluding carboxylic acids is 2. The first-order chi connectivity index (χ1) is 15.0. The van der Waals surface area contributed by atoms with Gasteiger partial charge in [0, 0.05) is 36.6 Å². The van der Waals surface area contributed by atoms with Crippen LogP contribution < -0.4 is 15.5 Å². The third-order valence-corrected chi connectivity index (χ3v) is 5.15. The Balaban J connectivity index is 1.44. The van der Waals surface area contributed by atoms with E-state index in [4.69, 9.17) is 4.42 Å². The molecule has 0 aliphatic carbocycles. The summed E-state index contributed by atoms with van der Waals surface area (Å²) in [5.74, 6) is -1.06. The molecule has 0 saturated carbocycles. The van der Waals surface area contributed by atoms with Crippen LogP contribution >= 0.6 is 0 Å². The van der Waals surface area contributed by atoms with E-state index in [0.717, 1.165) is 18.7 Å². The minimum atomic E-state index is -0.902. The summed E-state index contributed by atoms with van der Waals surface area (Å²) in [6.07, 6.45) is 2.45. The molecular formula is C22H20N4O5. The summed E-state index contributed by atoms with van der Waals surface area (Å²) in [6, 6.07) is 16.8. The van der Waals surface area contributed by atoms with E-state index in [1.54, 1.807) is 12.3 Å². The molecule has 9 nitrogen and oxygen atoms in total. The lowest BCUT2D eigenvalue weighted by Crippen LogP contribution is -2.41. The average Bonchev–Trinajstić information content (AvgIpc) is 3.45. The number of nitrogens with zero attached hydrogens (tertiary/aromatic N) is 2. The number of para-hydroxylation sites is 1. The van der Waals surface area contributed by atoms with Crippen LogP contribution in [0.1, 0.15) is 17.4 Å². The fourth-order valence-corrected chi connectivity index (χ4v) is 3.69. The van der Waals surface area contributed by atoms with Crippen LogP contribution in [-0.4, -0.2) is 29.8 Å². The maximum Gasteiger partial charge on any atom is 0.313 e. The number of nitro groups is 1. The van der Waals surface area contributed by atoms with Crippen molar-refractivity contribution in [3.63, 3.8) is 0 Å². The number of furan rings is 1. The summed E-state index contributed by atoms with van der Waals surface area (Å²) in [4.78, 5) is 37.1. The molecular weight excluding hydrogens is 400 g/mol. The molecule has 2 amide bonds. The van der Waals surface area contributed by atoms with E-state index in [0.29, 0.717) is 5.76 Å². The average molecular weight is 420 g/mol. The van der Waals surface area contributed by atoms with Gasteiger partial charge in [-0.1, -0.05) is 24.3 Å². The molecule has 4 rings (SSSR count). The van der Waals surface area contributed by atoms with Crippen molar-refractivity contribution in [3.8, 4) is 0 Å². The van der Waals surface area contributed by atoms with Gasteiger partial charge in [0.15, 0.2) is 0 Å². The number of nitro benzene ring substituents is 1. The van der Waals surface area contributed by atoms with Gasteiger partial charge in [0.1, 0.15) is 11.8 Å². The Labute approximate surface area is 177 Å². The molecule has 1 aromatic heterocycles. The highest BCUT2D eigenvalue weighted by Gasteiger charge is 2.29. The molecule has 0 spiro atoms. The highest BCUT2D eigenvalue weighted by molar-refractivity contribution is 6.39. The molecule has 2 heterocycles. The van der Waals surface area contributed by atoms with E-state index in [-0.39, 0.29) is 24.0 Å². The summed E-state index contributed by atoms with van der Waals surface area (Å²) < 4.78 is 5.59. The minimum absolute atomic E-state index is 0.156. The van der Waals surface area contributed by atoms with Gasteiger partial charge in [0.25, 0.3) is 5.69 Å². The van der Waals surface area contributed by atoms with Crippen molar-refractivity contribution in [2.24, 2.45) is 0 Å². The monoisotopic (exact) mass is 420 g/mol. The van der Waals surface area contributed by atoms with Gasteiger partial charge in [-0.25, -0.2) is 0 Å². The lowest BCUT2D eigenvalue weighted by atomic mass is 10.1. The highest BCUT2D eigenvalue weighted by Crippen LogP contribution is 2.34. The third kappa shape index (κ3) is 4.40. The van der Waals surface area contributed by atoms with Crippen LogP contribution in [-0.2, 0) is 16.0 Å². The molecule has 3 aromatic rings. The van der Waals surface area contributed by atoms with Gasteiger partial charge in [-0.2, -0.15) is 0 Å². The standard InChI is InChI=1S/C22H20N4O5/c27-21(22(28)24-16-6-3-7-17(13-16)26(29)30)23-14-19(20-9-4-12-31-20)25-11-10-15-5-1-2-8-18(15)25/h1-9,12-13,19H,10-11,14H2,(H,23,27)(H,24,28)/t19-/m1/s1. The normalized spacial score (nSPS) is 13.4. The Morgan fingerprint density at radius 1 is 1.10 bits per heavy atom. The molecule has 1 atom stereocenters. The maximum atomic E-state index is 12.4. The first-order valence-corrected chi connectivity index (χ1v) is 9.74. The van der Waals surface area contributed by atoms with Gasteiger partial charge in [0.2, 0.25) is 0 Å². The van der Waals surface area contributed by atoms with Crippen molar-refractivity contribution in [2.75, 3.05) is 23.3 Å². The molecule has 1 aliphatic heterocycles. The van der Waals surface area contributed by atoms with E-state index in [9.17, 15) is 19.7 Å². The predicted molar refractivity (Wildman–Crippen MR) is 114 cm³/mol. The molecule has 0 radical (unpaired) electrons. The molecule has 2 aromatic carbocycles. The topological polar surface area (TPSA) is 118 Å². The van der Waals surface area contributed by atoms with Gasteiger partial charge in [-0.05, 0) is 36.2 Å². The second-order valence-corrected chi connectivity index (χ2v) is 7.07. The largest absolute Gasteiger partial charge is 0.467 e. The summed E-state index contributed by atoms with van der Waals surface area (Å²) >= 11 is 0. The first kappa shape index (κ1) is 20.1. The zero-order chi connectivity index (χ0) is 21.8. The fourth-order valence-electron chi connectivity index (χ4n) is 3.69. The number of hydrogen-bond acceptors (Lipinski definition) is 6. The van der Waals surface area contributed by atoms with Crippen molar-refractivity contribution in [1.82, 2.24) is 5.32 Å². The molecule has 2 N–H and O–H groups in total. The lowest BCUT2D eigenvalue weighted by Gasteiger charge is -2.29. The lowest BCUT2D eigenvalue weighted by molar-refractivity contribution is -0.384. The quantitative estimate of drug-likeness (QED) is 0.360. The summed E-state index contributed by atoms with van der Waals surface area (Å²) in [7, 11) is 0. The number of rotatable bonds is 6. The molecule has 31 heavy (non-hydrogen) atoms. The van der Waals surface area contributed by atoms with Gasteiger partial charge in [0.05, 0.1) is 11.2 Å². The Morgan fingerprint density at radius 2 is 1.94 bits per heavy atom. The first-order valence-electron chi connectivity index (χ1n) is 9.74. The number of amides is 2. The SMILES string of the molecule is O=C(NC[C@H](c1ccco1)N1CCc2ccccc21)C(=O)Nc1cccc([N+](=O)[O-])c1. The van der Waals surface area contributed by atoms with E-state index in [1.165, 1.54) is 29.8 Å². The molecule has 0 saturated heterocycles. The summed E-state index contributed by atoms with van der Waals surface area (Å²) in [6.45, 7) is 0.920. The van der Waals surface area contributed by atoms with Crippen molar-refractivity contribution >= 4 is 28.9 Å². The summed E-state index contributed by atoms with van der Waals surface area (Å²) in [5.41, 5.74) is 2.28. The third-order valence-electron chi connectivity index (χ3n) is 5.15. The second-order valence-electron chi connectivity index (χ2n) is 7.07. The maximum absolute atomic E-state index is 12.4. The molecule has 0 bridgehead atoms. The number of fused-ring (bicyclic) bond motifs is 1. The minimum Gasteiger partial charge on any atom is -0.467 e. The van der Waals surface area contributed by atoms with E-state index < -0.39 is 16.7 Å². The summed E-state index contributed by atoms with van der Waals surface area (Å²) in [5, 5.41) is 15.9. The Bertz CT molecular complexity index is 1110. The van der Waals surface area contributed by atoms with Crippen LogP contribution in [0.15, 0.2) is 71.3 Å². The zero-order valence-corrected chi connectivity index (χ0v) is 16.5. The van der Waals surface area contributed by atoms with Gasteiger partial charge < -0.3 is 20.0 Å². The number of non-ortho nitro benzene ring substituents is 1. The smallest absolute Gasteiger partial charge is 0.313 e. The van der Waals surface area contributed by atoms with Crippen LogP contribution in [0.4, 0.5) is 17.1 Å². The van der Waals surface area contributed by atoms with Crippen LogP contribution in [0, 0.1) is 10.1 Å². The number of carbonyl (C=O) groups is 2. The van der Waals surface area contributed by atoms with Crippen molar-refractivity contribution < 1.29 is 18.9 Å². The van der Waals surface area contributed by atoms with Crippen LogP contribution in [0.3, 0.4) is 0 Å². The zero-order valence-electron chi connectivity index (χ0n) is 16.5. The van der Waals surface area contributed by atoms with Gasteiger partial charge in [-0.3, -0.25) is 19.7 Å². The van der Waals surface area contributed by atoms with E-state index in [1.807, 2.05) is 24.3 Å². The second kappa shape index (κ2) is 8.70. The molecule has 0 fully saturated rings. The van der Waals surface area contributed by atoms with Crippen LogP contribution in [0.25, 0.3) is 0 Å². The molecule has 0 unspecified atom stereocenters. The van der Waals surface area contributed by atoms with Crippen molar-refractivity contribution in [2.45, 2.75) is 12.5 Å².